The van der Waals surface area contributed by atoms with E-state index in [9.17, 15) is 0 Å². The molecule has 4 aromatic rings. The van der Waals surface area contributed by atoms with Crippen LogP contribution >= 0.6 is 23.1 Å². The van der Waals surface area contributed by atoms with E-state index in [-0.39, 0.29) is 0 Å². The molecule has 0 aliphatic rings. The number of benzene rings is 1. The van der Waals surface area contributed by atoms with E-state index in [1.165, 1.54) is 22.0 Å². The van der Waals surface area contributed by atoms with Crippen molar-refractivity contribution in [3.8, 4) is 10.4 Å². The van der Waals surface area contributed by atoms with Crippen molar-refractivity contribution in [2.45, 2.75) is 23.5 Å². The first kappa shape index (κ1) is 15.1. The van der Waals surface area contributed by atoms with Gasteiger partial charge in [-0.2, -0.15) is 0 Å². The fraction of sp³-hybridized carbons (Fsp3) is 0.125. The summed E-state index contributed by atoms with van der Waals surface area (Å²) in [6.07, 6.45) is 2.31. The highest BCUT2D eigenvalue weighted by Gasteiger charge is 2.15. The van der Waals surface area contributed by atoms with Gasteiger partial charge in [0.25, 0.3) is 0 Å². The second-order valence-corrected chi connectivity index (χ2v) is 7.09. The average Bonchev–Trinajstić information content (AvgIpc) is 3.20. The molecule has 8 heteroatoms. The van der Waals surface area contributed by atoms with E-state index in [0.29, 0.717) is 5.16 Å². The summed E-state index contributed by atoms with van der Waals surface area (Å²) < 4.78 is 1.52. The van der Waals surface area contributed by atoms with Gasteiger partial charge in [-0.1, -0.05) is 37.3 Å². The molecule has 0 radical (unpaired) electrons. The lowest BCUT2D eigenvalue weighted by atomic mass is 10.2. The van der Waals surface area contributed by atoms with Gasteiger partial charge in [-0.25, -0.2) is 14.6 Å². The summed E-state index contributed by atoms with van der Waals surface area (Å²) in [5.74, 6) is 6.78. The van der Waals surface area contributed by atoms with Crippen molar-refractivity contribution < 1.29 is 0 Å². The number of thiophene rings is 1. The third-order valence-electron chi connectivity index (χ3n) is 3.59. The van der Waals surface area contributed by atoms with Crippen LogP contribution in [0.2, 0.25) is 0 Å². The maximum absolute atomic E-state index is 6.03. The van der Waals surface area contributed by atoms with Crippen LogP contribution in [0.1, 0.15) is 12.7 Å². The van der Waals surface area contributed by atoms with Crippen LogP contribution in [0.3, 0.4) is 0 Å². The lowest BCUT2D eigenvalue weighted by molar-refractivity contribution is 0.795. The normalized spacial score (nSPS) is 11.2. The van der Waals surface area contributed by atoms with E-state index < -0.39 is 0 Å². The van der Waals surface area contributed by atoms with Crippen molar-refractivity contribution in [2.75, 3.05) is 5.84 Å². The highest BCUT2D eigenvalue weighted by molar-refractivity contribution is 7.99. The summed E-state index contributed by atoms with van der Waals surface area (Å²) in [5, 5.41) is 10.7. The van der Waals surface area contributed by atoms with Crippen molar-refractivity contribution in [1.29, 1.82) is 0 Å². The number of aromatic nitrogens is 5. The molecule has 0 unspecified atom stereocenters. The van der Waals surface area contributed by atoms with Gasteiger partial charge in [0.1, 0.15) is 16.2 Å². The average molecular weight is 354 g/mol. The molecule has 1 aromatic carbocycles. The Morgan fingerprint density at radius 1 is 1.17 bits per heavy atom. The molecule has 0 saturated heterocycles. The molecule has 0 amide bonds. The zero-order chi connectivity index (χ0) is 16.5. The minimum atomic E-state index is 0.624. The van der Waals surface area contributed by atoms with E-state index in [1.807, 2.05) is 25.1 Å². The zero-order valence-electron chi connectivity index (χ0n) is 12.9. The Labute approximate surface area is 146 Å². The van der Waals surface area contributed by atoms with Crippen molar-refractivity contribution >= 4 is 33.3 Å². The molecular weight excluding hydrogens is 340 g/mol. The summed E-state index contributed by atoms with van der Waals surface area (Å²) in [4.78, 5) is 10.9. The molecule has 120 valence electrons. The third kappa shape index (κ3) is 2.63. The van der Waals surface area contributed by atoms with E-state index >= 15 is 0 Å². The molecule has 0 bridgehead atoms. The van der Waals surface area contributed by atoms with Gasteiger partial charge in [-0.15, -0.1) is 21.5 Å². The lowest BCUT2D eigenvalue weighted by Gasteiger charge is -2.02. The Morgan fingerprint density at radius 3 is 2.75 bits per heavy atom. The molecular formula is C16H14N6S2. The summed E-state index contributed by atoms with van der Waals surface area (Å²) in [5.41, 5.74) is 1.17. The number of nitrogens with two attached hydrogens (primary N) is 1. The summed E-state index contributed by atoms with van der Waals surface area (Å²) in [7, 11) is 0. The number of nitrogen functional groups attached to an aromatic ring is 1. The Bertz CT molecular complexity index is 992. The molecule has 4 rings (SSSR count). The van der Waals surface area contributed by atoms with Gasteiger partial charge < -0.3 is 5.84 Å². The molecule has 3 aromatic heterocycles. The quantitative estimate of drug-likeness (QED) is 0.447. The largest absolute Gasteiger partial charge is 0.336 e. The molecule has 24 heavy (non-hydrogen) atoms. The van der Waals surface area contributed by atoms with Gasteiger partial charge in [-0.05, 0) is 23.4 Å². The molecule has 0 atom stereocenters. The van der Waals surface area contributed by atoms with Crippen molar-refractivity contribution in [3.63, 3.8) is 0 Å². The van der Waals surface area contributed by atoms with Crippen LogP contribution in [0, 0.1) is 0 Å². The summed E-state index contributed by atoms with van der Waals surface area (Å²) in [6.45, 7) is 2.00. The number of hydrogen-bond donors (Lipinski definition) is 1. The first-order chi connectivity index (χ1) is 11.8. The number of aryl methyl sites for hydroxylation is 1. The molecule has 3 heterocycles. The van der Waals surface area contributed by atoms with Crippen LogP contribution in [0.5, 0.6) is 0 Å². The second kappa shape index (κ2) is 6.21. The predicted octanol–water partition coefficient (Wildman–Crippen LogP) is 3.38. The molecule has 6 nitrogen and oxygen atoms in total. The van der Waals surface area contributed by atoms with Gasteiger partial charge in [0, 0.05) is 16.7 Å². The smallest absolute Gasteiger partial charge is 0.216 e. The Balaban J connectivity index is 1.76. The monoisotopic (exact) mass is 354 g/mol. The van der Waals surface area contributed by atoms with Crippen LogP contribution in [-0.4, -0.2) is 24.8 Å². The minimum Gasteiger partial charge on any atom is -0.336 e. The second-order valence-electron chi connectivity index (χ2n) is 5.10. The maximum Gasteiger partial charge on any atom is 0.216 e. The SMILES string of the molecule is CCc1nnc(Sc2ncnc3sc(-c4ccccc4)cc23)n1N. The van der Waals surface area contributed by atoms with Gasteiger partial charge in [0.05, 0.1) is 0 Å². The highest BCUT2D eigenvalue weighted by atomic mass is 32.2. The number of nitrogens with zero attached hydrogens (tertiary/aromatic N) is 5. The first-order valence-electron chi connectivity index (χ1n) is 7.43. The lowest BCUT2D eigenvalue weighted by Crippen LogP contribution is -2.13. The van der Waals surface area contributed by atoms with E-state index in [1.54, 1.807) is 17.7 Å². The van der Waals surface area contributed by atoms with Crippen LogP contribution in [0.15, 0.2) is 52.9 Å². The summed E-state index contributed by atoms with van der Waals surface area (Å²) in [6, 6.07) is 12.4. The van der Waals surface area contributed by atoms with Gasteiger partial charge in [-0.3, -0.25) is 0 Å². The third-order valence-corrected chi connectivity index (χ3v) is 5.66. The van der Waals surface area contributed by atoms with Gasteiger partial charge >= 0.3 is 0 Å². The van der Waals surface area contributed by atoms with E-state index in [2.05, 4.69) is 38.4 Å². The predicted molar refractivity (Wildman–Crippen MR) is 96.5 cm³/mol. The van der Waals surface area contributed by atoms with Crippen LogP contribution < -0.4 is 5.84 Å². The molecule has 0 saturated carbocycles. The molecule has 0 aliphatic carbocycles. The van der Waals surface area contributed by atoms with Crippen molar-refractivity contribution in [3.05, 3.63) is 48.5 Å². The Morgan fingerprint density at radius 2 is 2.00 bits per heavy atom. The summed E-state index contributed by atoms with van der Waals surface area (Å²) >= 11 is 3.06. The van der Waals surface area contributed by atoms with Gasteiger partial charge in [0.2, 0.25) is 5.16 Å². The van der Waals surface area contributed by atoms with E-state index in [4.69, 9.17) is 5.84 Å². The highest BCUT2D eigenvalue weighted by Crippen LogP contribution is 2.37. The standard InChI is InChI=1S/C16H14N6S2/c1-2-13-20-21-16(22(13)17)24-15-11-8-12(10-6-4-3-5-7-10)23-14(11)18-9-19-15/h3-9H,2,17H2,1H3. The maximum atomic E-state index is 6.03. The van der Waals surface area contributed by atoms with E-state index in [0.717, 1.165) is 32.4 Å². The number of fused-ring (bicyclic) bond motifs is 1. The Kier molecular flexibility index (Phi) is 3.91. The Hall–Kier alpha value is -2.45. The molecule has 2 N–H and O–H groups in total. The molecule has 0 spiro atoms. The fourth-order valence-electron chi connectivity index (χ4n) is 2.36. The zero-order valence-corrected chi connectivity index (χ0v) is 14.5. The topological polar surface area (TPSA) is 82.5 Å². The first-order valence-corrected chi connectivity index (χ1v) is 9.06. The minimum absolute atomic E-state index is 0.624. The molecule has 0 fully saturated rings. The van der Waals surface area contributed by atoms with Gasteiger partial charge in [0.15, 0.2) is 5.82 Å². The number of rotatable bonds is 4. The van der Waals surface area contributed by atoms with Crippen molar-refractivity contribution in [1.82, 2.24) is 24.8 Å². The van der Waals surface area contributed by atoms with Crippen LogP contribution in [-0.2, 0) is 6.42 Å². The fourth-order valence-corrected chi connectivity index (χ4v) is 4.26. The van der Waals surface area contributed by atoms with Crippen LogP contribution in [0.25, 0.3) is 20.7 Å². The van der Waals surface area contributed by atoms with Crippen molar-refractivity contribution in [2.24, 2.45) is 0 Å². The molecule has 0 aliphatic heterocycles. The van der Waals surface area contributed by atoms with Crippen LogP contribution in [0.4, 0.5) is 0 Å². The number of hydrogen-bond acceptors (Lipinski definition) is 7.